The van der Waals surface area contributed by atoms with Crippen molar-refractivity contribution in [3.8, 4) is 0 Å². The molecule has 0 unspecified atom stereocenters. The minimum atomic E-state index is 0.0421. The number of hydrazone groups is 1. The van der Waals surface area contributed by atoms with Crippen molar-refractivity contribution in [1.29, 1.82) is 0 Å². The van der Waals surface area contributed by atoms with E-state index in [1.165, 1.54) is 25.7 Å². The molecule has 0 bridgehead atoms. The molecule has 3 heteroatoms. The number of nitrogens with zero attached hydrogens (tertiary/aromatic N) is 1. The van der Waals surface area contributed by atoms with Crippen LogP contribution in [-0.2, 0) is 4.79 Å². The Balaban J connectivity index is 3.50. The van der Waals surface area contributed by atoms with Crippen LogP contribution in [-0.4, -0.2) is 11.6 Å². The number of carbonyl (C=O) groups excluding carboxylic acids is 1. The number of carbonyl (C=O) groups is 1. The molecule has 0 aliphatic heterocycles. The number of hydrogen-bond acceptors (Lipinski definition) is 2. The fourth-order valence-corrected chi connectivity index (χ4v) is 1.40. The minimum absolute atomic E-state index is 0.0421. The zero-order valence-electron chi connectivity index (χ0n) is 11.9. The van der Waals surface area contributed by atoms with Crippen LogP contribution in [0.5, 0.6) is 0 Å². The molecule has 17 heavy (non-hydrogen) atoms. The number of hydrogen-bond donors (Lipinski definition) is 1. The lowest BCUT2D eigenvalue weighted by Gasteiger charge is -2.05. The second-order valence-corrected chi connectivity index (χ2v) is 4.96. The van der Waals surface area contributed by atoms with Gasteiger partial charge in [-0.15, -0.1) is 0 Å². The molecule has 0 radical (unpaired) electrons. The molecule has 100 valence electrons. The van der Waals surface area contributed by atoms with Crippen LogP contribution >= 0.6 is 0 Å². The number of rotatable bonds is 9. The van der Waals surface area contributed by atoms with Gasteiger partial charge in [0.1, 0.15) is 0 Å². The average molecular weight is 240 g/mol. The Morgan fingerprint density at radius 2 is 1.71 bits per heavy atom. The van der Waals surface area contributed by atoms with Gasteiger partial charge >= 0.3 is 0 Å². The van der Waals surface area contributed by atoms with Crippen molar-refractivity contribution < 1.29 is 4.79 Å². The van der Waals surface area contributed by atoms with Crippen LogP contribution in [0.1, 0.15) is 72.6 Å². The molecule has 0 fully saturated rings. The lowest BCUT2D eigenvalue weighted by atomic mass is 10.1. The third-order valence-electron chi connectivity index (χ3n) is 2.95. The smallest absolute Gasteiger partial charge is 0.240 e. The van der Waals surface area contributed by atoms with Gasteiger partial charge in [-0.1, -0.05) is 52.9 Å². The fourth-order valence-electron chi connectivity index (χ4n) is 1.40. The predicted octanol–water partition coefficient (Wildman–Crippen LogP) is 3.89. The molecule has 0 rings (SSSR count). The van der Waals surface area contributed by atoms with Gasteiger partial charge in [-0.2, -0.15) is 5.10 Å². The van der Waals surface area contributed by atoms with Crippen LogP contribution in [0.2, 0.25) is 0 Å². The van der Waals surface area contributed by atoms with E-state index in [1.54, 1.807) is 0 Å². The van der Waals surface area contributed by atoms with Gasteiger partial charge in [-0.3, -0.25) is 4.79 Å². The zero-order chi connectivity index (χ0) is 13.1. The van der Waals surface area contributed by atoms with E-state index in [0.29, 0.717) is 12.3 Å². The van der Waals surface area contributed by atoms with E-state index in [0.717, 1.165) is 18.6 Å². The van der Waals surface area contributed by atoms with Crippen molar-refractivity contribution in [2.24, 2.45) is 11.0 Å². The summed E-state index contributed by atoms with van der Waals surface area (Å²) in [6.45, 7) is 8.29. The summed E-state index contributed by atoms with van der Waals surface area (Å²) in [5.74, 6) is 0.435. The molecule has 0 aromatic rings. The van der Waals surface area contributed by atoms with E-state index >= 15 is 0 Å². The lowest BCUT2D eigenvalue weighted by Crippen LogP contribution is -2.19. The largest absolute Gasteiger partial charge is 0.273 e. The Hall–Kier alpha value is -0.860. The van der Waals surface area contributed by atoms with Crippen LogP contribution in [0.25, 0.3) is 0 Å². The molecule has 0 saturated carbocycles. The summed E-state index contributed by atoms with van der Waals surface area (Å²) in [5, 5.41) is 4.07. The van der Waals surface area contributed by atoms with E-state index in [1.807, 2.05) is 6.92 Å². The number of amides is 1. The maximum absolute atomic E-state index is 11.4. The Kier molecular flexibility index (Phi) is 9.78. The minimum Gasteiger partial charge on any atom is -0.273 e. The highest BCUT2D eigenvalue weighted by atomic mass is 16.2. The molecule has 1 N–H and O–H groups in total. The van der Waals surface area contributed by atoms with Crippen LogP contribution in [0.3, 0.4) is 0 Å². The van der Waals surface area contributed by atoms with Gasteiger partial charge in [0, 0.05) is 12.1 Å². The summed E-state index contributed by atoms with van der Waals surface area (Å²) < 4.78 is 0. The van der Waals surface area contributed by atoms with Crippen LogP contribution in [0, 0.1) is 5.92 Å². The molecule has 0 spiro atoms. The summed E-state index contributed by atoms with van der Waals surface area (Å²) in [6, 6.07) is 0. The molecule has 0 aliphatic carbocycles. The highest BCUT2D eigenvalue weighted by Crippen LogP contribution is 2.06. The number of unbranched alkanes of at least 4 members (excludes halogenated alkanes) is 5. The van der Waals surface area contributed by atoms with Crippen LogP contribution < -0.4 is 5.43 Å². The van der Waals surface area contributed by atoms with E-state index in [-0.39, 0.29) is 5.91 Å². The Bertz CT molecular complexity index is 234. The quantitative estimate of drug-likeness (QED) is 0.371. The predicted molar refractivity (Wildman–Crippen MR) is 74.1 cm³/mol. The van der Waals surface area contributed by atoms with Crippen molar-refractivity contribution in [2.75, 3.05) is 0 Å². The van der Waals surface area contributed by atoms with Crippen molar-refractivity contribution in [2.45, 2.75) is 72.6 Å². The Labute approximate surface area is 106 Å². The highest BCUT2D eigenvalue weighted by Gasteiger charge is 2.01. The molecule has 0 heterocycles. The van der Waals surface area contributed by atoms with Crippen molar-refractivity contribution >= 4 is 11.6 Å². The molecule has 0 atom stereocenters. The maximum atomic E-state index is 11.4. The van der Waals surface area contributed by atoms with Crippen molar-refractivity contribution in [1.82, 2.24) is 5.43 Å². The molecular weight excluding hydrogens is 212 g/mol. The molecule has 0 saturated heterocycles. The van der Waals surface area contributed by atoms with Gasteiger partial charge in [-0.05, 0) is 19.3 Å². The lowest BCUT2D eigenvalue weighted by molar-refractivity contribution is -0.121. The maximum Gasteiger partial charge on any atom is 0.240 e. The van der Waals surface area contributed by atoms with Crippen molar-refractivity contribution in [3.63, 3.8) is 0 Å². The molecular formula is C14H28N2O. The fraction of sp³-hybridized carbons (Fsp3) is 0.857. The topological polar surface area (TPSA) is 41.5 Å². The Morgan fingerprint density at radius 3 is 2.29 bits per heavy atom. The average Bonchev–Trinajstić information content (AvgIpc) is 2.30. The van der Waals surface area contributed by atoms with Gasteiger partial charge in [0.25, 0.3) is 0 Å². The summed E-state index contributed by atoms with van der Waals surface area (Å²) in [7, 11) is 0. The van der Waals surface area contributed by atoms with Gasteiger partial charge in [-0.25, -0.2) is 5.43 Å². The van der Waals surface area contributed by atoms with Crippen LogP contribution in [0.4, 0.5) is 0 Å². The first-order valence-corrected chi connectivity index (χ1v) is 6.91. The first-order valence-electron chi connectivity index (χ1n) is 6.91. The summed E-state index contributed by atoms with van der Waals surface area (Å²) in [6.07, 6.45) is 7.85. The normalized spacial score (nSPS) is 11.9. The second-order valence-electron chi connectivity index (χ2n) is 4.96. The monoisotopic (exact) mass is 240 g/mol. The molecule has 1 amide bonds. The first-order chi connectivity index (χ1) is 8.07. The Morgan fingerprint density at radius 1 is 1.12 bits per heavy atom. The summed E-state index contributed by atoms with van der Waals surface area (Å²) in [5.41, 5.74) is 3.59. The van der Waals surface area contributed by atoms with Gasteiger partial charge in [0.2, 0.25) is 5.91 Å². The molecule has 3 nitrogen and oxygen atoms in total. The standard InChI is InChI=1S/C14H28N2O/c1-5-6-7-8-9-10-11-14(17)16-15-13(4)12(2)3/h12H,5-11H2,1-4H3,(H,16,17)/b15-13-. The number of nitrogens with one attached hydrogen (secondary N) is 1. The third-order valence-corrected chi connectivity index (χ3v) is 2.95. The van der Waals surface area contributed by atoms with Gasteiger partial charge in [0.05, 0.1) is 0 Å². The van der Waals surface area contributed by atoms with E-state index in [9.17, 15) is 4.79 Å². The summed E-state index contributed by atoms with van der Waals surface area (Å²) >= 11 is 0. The van der Waals surface area contributed by atoms with Gasteiger partial charge < -0.3 is 0 Å². The highest BCUT2D eigenvalue weighted by molar-refractivity contribution is 5.85. The second kappa shape index (κ2) is 10.3. The third kappa shape index (κ3) is 10.0. The summed E-state index contributed by atoms with van der Waals surface area (Å²) in [4.78, 5) is 11.4. The first kappa shape index (κ1) is 16.1. The van der Waals surface area contributed by atoms with E-state index in [4.69, 9.17) is 0 Å². The molecule has 0 aliphatic rings. The van der Waals surface area contributed by atoms with E-state index < -0.39 is 0 Å². The zero-order valence-corrected chi connectivity index (χ0v) is 11.9. The van der Waals surface area contributed by atoms with E-state index in [2.05, 4.69) is 31.3 Å². The SMILES string of the molecule is CCCCCCCCC(=O)N/N=C(/C)C(C)C. The van der Waals surface area contributed by atoms with Crippen molar-refractivity contribution in [3.05, 3.63) is 0 Å². The van der Waals surface area contributed by atoms with Gasteiger partial charge in [0.15, 0.2) is 0 Å². The van der Waals surface area contributed by atoms with Crippen LogP contribution in [0.15, 0.2) is 5.10 Å². The molecule has 0 aromatic heterocycles. The molecule has 0 aromatic carbocycles.